The maximum Gasteiger partial charge on any atom is 0.0110 e. The summed E-state index contributed by atoms with van der Waals surface area (Å²) in [6.07, 6.45) is 2.73. The maximum absolute atomic E-state index is 2.67. The smallest absolute Gasteiger partial charge is 0.0110 e. The first-order chi connectivity index (χ1) is 7.78. The van der Waals surface area contributed by atoms with Crippen LogP contribution in [0.1, 0.15) is 19.8 Å². The Morgan fingerprint density at radius 3 is 2.44 bits per heavy atom. The Kier molecular flexibility index (Phi) is 4.62. The van der Waals surface area contributed by atoms with Crippen LogP contribution in [-0.4, -0.2) is 74.1 Å². The Morgan fingerprint density at radius 1 is 1.00 bits per heavy atom. The standard InChI is InChI=1S/C13H27N3/c1-3-5-15-6-4-13(11-15)12-16-9-7-14(2)8-10-16/h13H,3-12H2,1-2H3. The third kappa shape index (κ3) is 3.44. The molecule has 0 saturated carbocycles. The molecule has 0 radical (unpaired) electrons. The van der Waals surface area contributed by atoms with Crippen molar-refractivity contribution in [3.63, 3.8) is 0 Å². The molecule has 2 aliphatic heterocycles. The van der Waals surface area contributed by atoms with Gasteiger partial charge < -0.3 is 14.7 Å². The van der Waals surface area contributed by atoms with Gasteiger partial charge in [-0.2, -0.15) is 0 Å². The van der Waals surface area contributed by atoms with Crippen LogP contribution in [0.4, 0.5) is 0 Å². The molecule has 0 bridgehead atoms. The Bertz CT molecular complexity index is 199. The molecule has 1 unspecified atom stereocenters. The molecule has 16 heavy (non-hydrogen) atoms. The zero-order chi connectivity index (χ0) is 11.4. The van der Waals surface area contributed by atoms with E-state index < -0.39 is 0 Å². The van der Waals surface area contributed by atoms with Crippen molar-refractivity contribution in [2.75, 3.05) is 59.4 Å². The zero-order valence-electron chi connectivity index (χ0n) is 11.0. The summed E-state index contributed by atoms with van der Waals surface area (Å²) < 4.78 is 0. The third-order valence-corrected chi connectivity index (χ3v) is 4.02. The number of rotatable bonds is 4. The summed E-state index contributed by atoms with van der Waals surface area (Å²) in [6, 6.07) is 0. The minimum atomic E-state index is 0.940. The number of nitrogens with zero attached hydrogens (tertiary/aromatic N) is 3. The van der Waals surface area contributed by atoms with Crippen molar-refractivity contribution in [2.45, 2.75) is 19.8 Å². The predicted molar refractivity (Wildman–Crippen MR) is 68.8 cm³/mol. The normalized spacial score (nSPS) is 30.0. The molecule has 2 fully saturated rings. The van der Waals surface area contributed by atoms with Gasteiger partial charge in [-0.25, -0.2) is 0 Å². The molecule has 0 aliphatic carbocycles. The number of hydrogen-bond donors (Lipinski definition) is 0. The maximum atomic E-state index is 2.67. The highest BCUT2D eigenvalue weighted by Gasteiger charge is 2.24. The van der Waals surface area contributed by atoms with Gasteiger partial charge in [0.25, 0.3) is 0 Å². The van der Waals surface area contributed by atoms with E-state index in [2.05, 4.69) is 28.7 Å². The average Bonchev–Trinajstić information content (AvgIpc) is 2.70. The Morgan fingerprint density at radius 2 is 1.75 bits per heavy atom. The molecule has 0 aromatic heterocycles. The van der Waals surface area contributed by atoms with Gasteiger partial charge >= 0.3 is 0 Å². The fourth-order valence-electron chi connectivity index (χ4n) is 2.98. The van der Waals surface area contributed by atoms with E-state index in [4.69, 9.17) is 0 Å². The van der Waals surface area contributed by atoms with Crippen LogP contribution >= 0.6 is 0 Å². The highest BCUT2D eigenvalue weighted by atomic mass is 15.3. The van der Waals surface area contributed by atoms with E-state index in [0.29, 0.717) is 0 Å². The van der Waals surface area contributed by atoms with E-state index in [1.807, 2.05) is 0 Å². The summed E-state index contributed by atoms with van der Waals surface area (Å²) in [5.41, 5.74) is 0. The van der Waals surface area contributed by atoms with Crippen LogP contribution in [0.5, 0.6) is 0 Å². The van der Waals surface area contributed by atoms with Gasteiger partial charge in [0.15, 0.2) is 0 Å². The first-order valence-corrected chi connectivity index (χ1v) is 6.91. The first kappa shape index (κ1) is 12.3. The molecule has 0 aromatic carbocycles. The van der Waals surface area contributed by atoms with Crippen molar-refractivity contribution in [2.24, 2.45) is 5.92 Å². The fraction of sp³-hybridized carbons (Fsp3) is 1.00. The Balaban J connectivity index is 1.67. The number of piperazine rings is 1. The summed E-state index contributed by atoms with van der Waals surface area (Å²) in [5, 5.41) is 0. The largest absolute Gasteiger partial charge is 0.304 e. The summed E-state index contributed by atoms with van der Waals surface area (Å²) in [7, 11) is 2.23. The van der Waals surface area contributed by atoms with Crippen molar-refractivity contribution in [3.05, 3.63) is 0 Å². The molecule has 94 valence electrons. The van der Waals surface area contributed by atoms with E-state index in [0.717, 1.165) is 5.92 Å². The van der Waals surface area contributed by atoms with Crippen LogP contribution in [0.3, 0.4) is 0 Å². The molecule has 2 saturated heterocycles. The quantitative estimate of drug-likeness (QED) is 0.706. The number of likely N-dealkylation sites (N-methyl/N-ethyl adjacent to an activating group) is 1. The van der Waals surface area contributed by atoms with E-state index in [-0.39, 0.29) is 0 Å². The van der Waals surface area contributed by atoms with Crippen LogP contribution in [0.25, 0.3) is 0 Å². The minimum absolute atomic E-state index is 0.940. The summed E-state index contributed by atoms with van der Waals surface area (Å²) in [5.74, 6) is 0.940. The molecule has 0 amide bonds. The Hall–Kier alpha value is -0.120. The van der Waals surface area contributed by atoms with Crippen molar-refractivity contribution < 1.29 is 0 Å². The molecule has 0 aromatic rings. The van der Waals surface area contributed by atoms with Crippen molar-refractivity contribution in [3.8, 4) is 0 Å². The van der Waals surface area contributed by atoms with E-state index in [1.165, 1.54) is 65.2 Å². The fourth-order valence-corrected chi connectivity index (χ4v) is 2.98. The van der Waals surface area contributed by atoms with Gasteiger partial charge in [-0.15, -0.1) is 0 Å². The SMILES string of the molecule is CCCN1CCC(CN2CCN(C)CC2)C1. The molecular weight excluding hydrogens is 198 g/mol. The van der Waals surface area contributed by atoms with Gasteiger partial charge in [-0.05, 0) is 38.9 Å². The number of hydrogen-bond acceptors (Lipinski definition) is 3. The van der Waals surface area contributed by atoms with Crippen molar-refractivity contribution >= 4 is 0 Å². The van der Waals surface area contributed by atoms with Crippen LogP contribution in [-0.2, 0) is 0 Å². The lowest BCUT2D eigenvalue weighted by molar-refractivity contribution is 0.136. The lowest BCUT2D eigenvalue weighted by Crippen LogP contribution is -2.46. The Labute approximate surface area is 100 Å². The highest BCUT2D eigenvalue weighted by molar-refractivity contribution is 4.80. The van der Waals surface area contributed by atoms with Gasteiger partial charge in [0.05, 0.1) is 0 Å². The van der Waals surface area contributed by atoms with Crippen LogP contribution in [0.15, 0.2) is 0 Å². The number of likely N-dealkylation sites (tertiary alicyclic amines) is 1. The lowest BCUT2D eigenvalue weighted by atomic mass is 10.1. The van der Waals surface area contributed by atoms with E-state index in [9.17, 15) is 0 Å². The molecule has 2 heterocycles. The molecule has 0 N–H and O–H groups in total. The summed E-state index contributed by atoms with van der Waals surface area (Å²) >= 11 is 0. The van der Waals surface area contributed by atoms with E-state index in [1.54, 1.807) is 0 Å². The van der Waals surface area contributed by atoms with Gasteiger partial charge in [-0.3, -0.25) is 0 Å². The molecule has 2 aliphatic rings. The first-order valence-electron chi connectivity index (χ1n) is 6.91. The minimum Gasteiger partial charge on any atom is -0.304 e. The van der Waals surface area contributed by atoms with E-state index >= 15 is 0 Å². The van der Waals surface area contributed by atoms with Gasteiger partial charge in [0.1, 0.15) is 0 Å². The van der Waals surface area contributed by atoms with Crippen LogP contribution in [0, 0.1) is 5.92 Å². The summed E-state index contributed by atoms with van der Waals surface area (Å²) in [4.78, 5) is 7.75. The molecular formula is C13H27N3. The average molecular weight is 225 g/mol. The van der Waals surface area contributed by atoms with Gasteiger partial charge in [-0.1, -0.05) is 6.92 Å². The van der Waals surface area contributed by atoms with Gasteiger partial charge in [0, 0.05) is 39.3 Å². The van der Waals surface area contributed by atoms with Gasteiger partial charge in [0.2, 0.25) is 0 Å². The van der Waals surface area contributed by atoms with Crippen molar-refractivity contribution in [1.29, 1.82) is 0 Å². The topological polar surface area (TPSA) is 9.72 Å². The second-order valence-corrected chi connectivity index (χ2v) is 5.56. The monoisotopic (exact) mass is 225 g/mol. The summed E-state index contributed by atoms with van der Waals surface area (Å²) in [6.45, 7) is 12.7. The zero-order valence-corrected chi connectivity index (χ0v) is 11.0. The lowest BCUT2D eigenvalue weighted by Gasteiger charge is -2.33. The molecule has 3 heteroatoms. The predicted octanol–water partition coefficient (Wildman–Crippen LogP) is 0.966. The molecule has 3 nitrogen and oxygen atoms in total. The molecule has 0 spiro atoms. The highest BCUT2D eigenvalue weighted by Crippen LogP contribution is 2.18. The molecule has 2 rings (SSSR count). The second-order valence-electron chi connectivity index (χ2n) is 5.56. The van der Waals surface area contributed by atoms with Crippen molar-refractivity contribution in [1.82, 2.24) is 14.7 Å². The third-order valence-electron chi connectivity index (χ3n) is 4.02. The molecule has 1 atom stereocenters. The second kappa shape index (κ2) is 5.99. The van der Waals surface area contributed by atoms with Crippen LogP contribution in [0.2, 0.25) is 0 Å². The van der Waals surface area contributed by atoms with Crippen LogP contribution < -0.4 is 0 Å².